The molecule has 2 aromatic carbocycles. The second-order valence-corrected chi connectivity index (χ2v) is 8.02. The predicted molar refractivity (Wildman–Crippen MR) is 116 cm³/mol. The smallest absolute Gasteiger partial charge is 0.242 e. The highest BCUT2D eigenvalue weighted by atomic mass is 32.2. The normalized spacial score (nSPS) is 16.3. The fourth-order valence-electron chi connectivity index (χ4n) is 3.59. The van der Waals surface area contributed by atoms with Gasteiger partial charge in [-0.05, 0) is 42.8 Å². The van der Waals surface area contributed by atoms with Crippen LogP contribution in [-0.2, 0) is 9.59 Å². The predicted octanol–water partition coefficient (Wildman–Crippen LogP) is 2.90. The van der Waals surface area contributed by atoms with Crippen LogP contribution in [0.2, 0.25) is 0 Å². The van der Waals surface area contributed by atoms with Gasteiger partial charge in [-0.3, -0.25) is 14.2 Å². The quantitative estimate of drug-likeness (QED) is 0.598. The van der Waals surface area contributed by atoms with Crippen molar-refractivity contribution in [2.45, 2.75) is 24.5 Å². The van der Waals surface area contributed by atoms with Crippen molar-refractivity contribution in [3.05, 3.63) is 60.4 Å². The van der Waals surface area contributed by atoms with Crippen molar-refractivity contribution in [3.63, 3.8) is 0 Å². The Morgan fingerprint density at radius 3 is 2.61 bits per heavy atom. The van der Waals surface area contributed by atoms with Gasteiger partial charge in [-0.2, -0.15) is 0 Å². The summed E-state index contributed by atoms with van der Waals surface area (Å²) in [6.45, 7) is 2.85. The van der Waals surface area contributed by atoms with Gasteiger partial charge in [-0.25, -0.2) is 4.39 Å². The number of hydrogen-bond acceptors (Lipinski definition) is 5. The summed E-state index contributed by atoms with van der Waals surface area (Å²) >= 11 is 1.27. The van der Waals surface area contributed by atoms with Crippen LogP contribution in [0.25, 0.3) is 17.1 Å². The first-order chi connectivity index (χ1) is 15.1. The molecule has 1 aromatic heterocycles. The first-order valence-electron chi connectivity index (χ1n) is 10.0. The number of nitrogens with one attached hydrogen (secondary N) is 1. The Kier molecular flexibility index (Phi) is 6.31. The molecule has 2 heterocycles. The zero-order valence-electron chi connectivity index (χ0n) is 17.0. The molecule has 1 unspecified atom stereocenters. The lowest BCUT2D eigenvalue weighted by atomic mass is 10.1. The monoisotopic (exact) mass is 439 g/mol. The molecule has 0 aliphatic carbocycles. The van der Waals surface area contributed by atoms with Gasteiger partial charge < -0.3 is 10.2 Å². The van der Waals surface area contributed by atoms with Crippen molar-refractivity contribution < 1.29 is 14.0 Å². The van der Waals surface area contributed by atoms with E-state index in [1.54, 1.807) is 17.0 Å². The van der Waals surface area contributed by atoms with E-state index in [2.05, 4.69) is 15.5 Å². The first-order valence-corrected chi connectivity index (χ1v) is 11.0. The molecule has 0 bridgehead atoms. The lowest BCUT2D eigenvalue weighted by molar-refractivity contribution is -0.141. The highest BCUT2D eigenvalue weighted by molar-refractivity contribution is 7.99. The van der Waals surface area contributed by atoms with Gasteiger partial charge in [0.1, 0.15) is 11.9 Å². The van der Waals surface area contributed by atoms with E-state index < -0.39 is 6.04 Å². The first kappa shape index (κ1) is 21.0. The molecule has 1 aliphatic heterocycles. The van der Waals surface area contributed by atoms with Crippen molar-refractivity contribution in [2.24, 2.45) is 0 Å². The van der Waals surface area contributed by atoms with Gasteiger partial charge in [0.25, 0.3) is 0 Å². The molecular formula is C22H22FN5O2S. The molecule has 1 N–H and O–H groups in total. The standard InChI is InChI=1S/C22H22FN5O2S/c1-2-18-21(30)24-12-13-27(18)19(29)14-31-22-26-25-20(15-8-10-16(23)11-9-15)28(22)17-6-4-3-5-7-17/h3-11,18H,2,12-14H2,1H3,(H,24,30). The van der Waals surface area contributed by atoms with E-state index in [1.807, 2.05) is 41.8 Å². The molecular weight excluding hydrogens is 417 g/mol. The Morgan fingerprint density at radius 2 is 1.90 bits per heavy atom. The van der Waals surface area contributed by atoms with Gasteiger partial charge in [0.15, 0.2) is 11.0 Å². The Balaban J connectivity index is 1.60. The van der Waals surface area contributed by atoms with Crippen LogP contribution >= 0.6 is 11.8 Å². The van der Waals surface area contributed by atoms with Gasteiger partial charge in [-0.15, -0.1) is 10.2 Å². The highest BCUT2D eigenvalue weighted by Crippen LogP contribution is 2.28. The van der Waals surface area contributed by atoms with E-state index in [4.69, 9.17) is 0 Å². The molecule has 31 heavy (non-hydrogen) atoms. The van der Waals surface area contributed by atoms with E-state index in [-0.39, 0.29) is 23.4 Å². The second-order valence-electron chi connectivity index (χ2n) is 7.07. The minimum absolute atomic E-state index is 0.113. The Morgan fingerprint density at radius 1 is 1.16 bits per heavy atom. The summed E-state index contributed by atoms with van der Waals surface area (Å²) in [7, 11) is 0. The number of aromatic nitrogens is 3. The van der Waals surface area contributed by atoms with Crippen LogP contribution in [0.1, 0.15) is 13.3 Å². The number of piperazine rings is 1. The fraction of sp³-hybridized carbons (Fsp3) is 0.273. The van der Waals surface area contributed by atoms with Gasteiger partial charge in [0.05, 0.1) is 5.75 Å². The van der Waals surface area contributed by atoms with E-state index in [0.717, 1.165) is 11.3 Å². The van der Waals surface area contributed by atoms with Gasteiger partial charge in [-0.1, -0.05) is 36.9 Å². The Bertz CT molecular complexity index is 1070. The number of amides is 2. The largest absolute Gasteiger partial charge is 0.353 e. The number of carbonyl (C=O) groups is 2. The summed E-state index contributed by atoms with van der Waals surface area (Å²) in [5.41, 5.74) is 1.56. The molecule has 1 atom stereocenters. The third-order valence-electron chi connectivity index (χ3n) is 5.11. The number of para-hydroxylation sites is 1. The SMILES string of the molecule is CCC1C(=O)NCCN1C(=O)CSc1nnc(-c2ccc(F)cc2)n1-c1ccccc1. The van der Waals surface area contributed by atoms with Crippen molar-refractivity contribution >= 4 is 23.6 Å². The summed E-state index contributed by atoms with van der Waals surface area (Å²) in [6, 6.07) is 15.2. The zero-order chi connectivity index (χ0) is 21.8. The van der Waals surface area contributed by atoms with Crippen molar-refractivity contribution in [2.75, 3.05) is 18.8 Å². The minimum atomic E-state index is -0.441. The van der Waals surface area contributed by atoms with E-state index in [0.29, 0.717) is 30.5 Å². The van der Waals surface area contributed by atoms with Crippen LogP contribution < -0.4 is 5.32 Å². The summed E-state index contributed by atoms with van der Waals surface area (Å²) in [6.07, 6.45) is 0.567. The van der Waals surface area contributed by atoms with Crippen LogP contribution in [-0.4, -0.2) is 56.4 Å². The maximum absolute atomic E-state index is 13.4. The topological polar surface area (TPSA) is 80.1 Å². The molecule has 160 valence electrons. The third-order valence-corrected chi connectivity index (χ3v) is 6.03. The second kappa shape index (κ2) is 9.30. The zero-order valence-corrected chi connectivity index (χ0v) is 17.8. The molecule has 3 aromatic rings. The van der Waals surface area contributed by atoms with E-state index >= 15 is 0 Å². The number of carbonyl (C=O) groups excluding carboxylic acids is 2. The van der Waals surface area contributed by atoms with Gasteiger partial charge >= 0.3 is 0 Å². The van der Waals surface area contributed by atoms with Crippen molar-refractivity contribution in [1.82, 2.24) is 25.0 Å². The highest BCUT2D eigenvalue weighted by Gasteiger charge is 2.31. The number of nitrogens with zero attached hydrogens (tertiary/aromatic N) is 4. The molecule has 1 fully saturated rings. The number of rotatable bonds is 6. The summed E-state index contributed by atoms with van der Waals surface area (Å²) < 4.78 is 15.2. The van der Waals surface area contributed by atoms with E-state index in [1.165, 1.54) is 23.9 Å². The number of thioether (sulfide) groups is 1. The number of halogens is 1. The lowest BCUT2D eigenvalue weighted by Gasteiger charge is -2.34. The molecule has 7 nitrogen and oxygen atoms in total. The van der Waals surface area contributed by atoms with Gasteiger partial charge in [0, 0.05) is 24.3 Å². The van der Waals surface area contributed by atoms with Gasteiger partial charge in [0.2, 0.25) is 11.8 Å². The average Bonchev–Trinajstić information content (AvgIpc) is 3.22. The van der Waals surface area contributed by atoms with Crippen LogP contribution in [0.15, 0.2) is 59.8 Å². The number of benzene rings is 2. The van der Waals surface area contributed by atoms with Crippen molar-refractivity contribution in [1.29, 1.82) is 0 Å². The van der Waals surface area contributed by atoms with Crippen LogP contribution in [0.4, 0.5) is 4.39 Å². The molecule has 0 saturated carbocycles. The third kappa shape index (κ3) is 4.46. The van der Waals surface area contributed by atoms with Crippen molar-refractivity contribution in [3.8, 4) is 17.1 Å². The lowest BCUT2D eigenvalue weighted by Crippen LogP contribution is -2.57. The maximum atomic E-state index is 13.4. The molecule has 1 saturated heterocycles. The number of hydrogen-bond donors (Lipinski definition) is 1. The Hall–Kier alpha value is -3.20. The molecule has 0 radical (unpaired) electrons. The maximum Gasteiger partial charge on any atom is 0.242 e. The Labute approximate surface area is 183 Å². The van der Waals surface area contributed by atoms with Crippen LogP contribution in [0.5, 0.6) is 0 Å². The molecule has 0 spiro atoms. The molecule has 1 aliphatic rings. The van der Waals surface area contributed by atoms with Crippen LogP contribution in [0, 0.1) is 5.82 Å². The summed E-state index contributed by atoms with van der Waals surface area (Å²) in [5.74, 6) is 0.143. The average molecular weight is 440 g/mol. The molecule has 2 amide bonds. The minimum Gasteiger partial charge on any atom is -0.353 e. The summed E-state index contributed by atoms with van der Waals surface area (Å²) in [5, 5.41) is 12.0. The van der Waals surface area contributed by atoms with Crippen LogP contribution in [0.3, 0.4) is 0 Å². The fourth-order valence-corrected chi connectivity index (χ4v) is 4.43. The summed E-state index contributed by atoms with van der Waals surface area (Å²) in [4.78, 5) is 26.6. The van der Waals surface area contributed by atoms with E-state index in [9.17, 15) is 14.0 Å². The molecule has 4 rings (SSSR count). The molecule has 9 heteroatoms.